The van der Waals surface area contributed by atoms with Crippen LogP contribution in [0.25, 0.3) is 21.3 Å². The van der Waals surface area contributed by atoms with Crippen LogP contribution in [0.2, 0.25) is 0 Å². The smallest absolute Gasteiger partial charge is 0.229 e. The zero-order valence-corrected chi connectivity index (χ0v) is 19.6. The molecule has 2 N–H and O–H groups in total. The highest BCUT2D eigenvalue weighted by atomic mass is 32.1. The van der Waals surface area contributed by atoms with Crippen LogP contribution in [0, 0.1) is 5.92 Å². The summed E-state index contributed by atoms with van der Waals surface area (Å²) in [7, 11) is 1.69. The number of hydrogen-bond donors (Lipinski definition) is 2. The number of thiazole rings is 1. The molecule has 0 bridgehead atoms. The van der Waals surface area contributed by atoms with Crippen molar-refractivity contribution in [3.63, 3.8) is 0 Å². The minimum Gasteiger partial charge on any atom is -0.390 e. The lowest BCUT2D eigenvalue weighted by atomic mass is 9.71. The van der Waals surface area contributed by atoms with Gasteiger partial charge in [0.05, 0.1) is 28.0 Å². The van der Waals surface area contributed by atoms with Crippen molar-refractivity contribution in [3.05, 3.63) is 36.4 Å². The fraction of sp³-hybridized carbons (Fsp3) is 0.500. The van der Waals surface area contributed by atoms with Gasteiger partial charge in [0.2, 0.25) is 5.91 Å². The molecule has 174 valence electrons. The van der Waals surface area contributed by atoms with Crippen LogP contribution in [0.5, 0.6) is 0 Å². The summed E-state index contributed by atoms with van der Waals surface area (Å²) in [4.78, 5) is 25.9. The fourth-order valence-corrected chi connectivity index (χ4v) is 5.47. The SMILES string of the molecule is COC1(C)CC(C(=O)Nc2nc3ccc(-c4cnc(CO[C@H]5CCC[C@@H]5O)nc4)cc3s2)C1. The van der Waals surface area contributed by atoms with E-state index in [0.29, 0.717) is 17.6 Å². The molecular weight excluding hydrogens is 440 g/mol. The molecule has 0 saturated heterocycles. The van der Waals surface area contributed by atoms with E-state index >= 15 is 0 Å². The van der Waals surface area contributed by atoms with Crippen LogP contribution in [0.3, 0.4) is 0 Å². The van der Waals surface area contributed by atoms with Crippen LogP contribution >= 0.6 is 11.3 Å². The van der Waals surface area contributed by atoms with Crippen LogP contribution in [0.1, 0.15) is 44.9 Å². The maximum absolute atomic E-state index is 12.5. The van der Waals surface area contributed by atoms with E-state index in [-0.39, 0.29) is 29.6 Å². The third kappa shape index (κ3) is 4.77. The summed E-state index contributed by atoms with van der Waals surface area (Å²) >= 11 is 1.46. The molecule has 2 fully saturated rings. The summed E-state index contributed by atoms with van der Waals surface area (Å²) in [6.07, 6.45) is 7.18. The highest BCUT2D eigenvalue weighted by Crippen LogP contribution is 2.41. The summed E-state index contributed by atoms with van der Waals surface area (Å²) < 4.78 is 12.2. The van der Waals surface area contributed by atoms with Gasteiger partial charge < -0.3 is 19.9 Å². The number of anilines is 1. The largest absolute Gasteiger partial charge is 0.390 e. The van der Waals surface area contributed by atoms with Crippen molar-refractivity contribution in [2.75, 3.05) is 12.4 Å². The number of aliphatic hydroxyl groups excluding tert-OH is 1. The standard InChI is InChI=1S/C24H28N4O4S/c1-24(31-2)9-15(10-24)22(30)28-23-27-17-7-6-14(8-20(17)33-23)16-11-25-21(26-12-16)13-32-19-5-3-4-18(19)29/h6-8,11-12,15,18-19,29H,3-5,9-10,13H2,1-2H3,(H,27,28,30)/t15?,18-,19-,24?/m0/s1. The molecule has 1 aromatic carbocycles. The van der Waals surface area contributed by atoms with Crippen molar-refractivity contribution >= 4 is 32.6 Å². The Hall–Kier alpha value is -2.46. The summed E-state index contributed by atoms with van der Waals surface area (Å²) in [6, 6.07) is 5.96. The van der Waals surface area contributed by atoms with Crippen molar-refractivity contribution < 1.29 is 19.4 Å². The minimum absolute atomic E-state index is 0.000125. The maximum Gasteiger partial charge on any atom is 0.229 e. The third-order valence-electron chi connectivity index (χ3n) is 6.72. The van der Waals surface area contributed by atoms with Crippen LogP contribution in [-0.4, -0.2) is 50.9 Å². The Labute approximate surface area is 196 Å². The van der Waals surface area contributed by atoms with Gasteiger partial charge in [0, 0.05) is 31.0 Å². The molecule has 2 saturated carbocycles. The molecule has 2 heterocycles. The van der Waals surface area contributed by atoms with E-state index in [9.17, 15) is 9.90 Å². The number of ether oxygens (including phenoxy) is 2. The first kappa shape index (κ1) is 22.3. The quantitative estimate of drug-likeness (QED) is 0.541. The third-order valence-corrected chi connectivity index (χ3v) is 7.65. The van der Waals surface area contributed by atoms with E-state index in [1.54, 1.807) is 19.5 Å². The minimum atomic E-state index is -0.385. The molecule has 3 aromatic rings. The van der Waals surface area contributed by atoms with E-state index < -0.39 is 0 Å². The summed E-state index contributed by atoms with van der Waals surface area (Å²) in [5.41, 5.74) is 2.54. The summed E-state index contributed by atoms with van der Waals surface area (Å²) in [5, 5.41) is 13.4. The van der Waals surface area contributed by atoms with Gasteiger partial charge >= 0.3 is 0 Å². The van der Waals surface area contributed by atoms with Crippen molar-refractivity contribution in [3.8, 4) is 11.1 Å². The highest BCUT2D eigenvalue weighted by molar-refractivity contribution is 7.22. The van der Waals surface area contributed by atoms with Gasteiger partial charge in [-0.25, -0.2) is 15.0 Å². The molecule has 9 heteroatoms. The van der Waals surface area contributed by atoms with Crippen LogP contribution in [0.15, 0.2) is 30.6 Å². The molecule has 0 spiro atoms. The summed E-state index contributed by atoms with van der Waals surface area (Å²) in [6.45, 7) is 2.32. The van der Waals surface area contributed by atoms with Gasteiger partial charge in [0.15, 0.2) is 11.0 Å². The Morgan fingerprint density at radius 1 is 1.24 bits per heavy atom. The highest BCUT2D eigenvalue weighted by Gasteiger charge is 2.44. The van der Waals surface area contributed by atoms with E-state index in [4.69, 9.17) is 9.47 Å². The predicted octanol–water partition coefficient (Wildman–Crippen LogP) is 3.94. The molecule has 0 aliphatic heterocycles. The number of nitrogens with zero attached hydrogens (tertiary/aromatic N) is 3. The Bertz CT molecular complexity index is 1140. The molecular formula is C24H28N4O4S. The normalized spacial score (nSPS) is 26.9. The number of aliphatic hydroxyl groups is 1. The Morgan fingerprint density at radius 2 is 2.03 bits per heavy atom. The molecule has 5 rings (SSSR count). The van der Waals surface area contributed by atoms with Gasteiger partial charge in [-0.3, -0.25) is 4.79 Å². The second-order valence-electron chi connectivity index (χ2n) is 9.19. The Kier molecular flexibility index (Phi) is 6.13. The van der Waals surface area contributed by atoms with E-state index in [1.807, 2.05) is 25.1 Å². The van der Waals surface area contributed by atoms with Crippen molar-refractivity contribution in [1.82, 2.24) is 15.0 Å². The van der Waals surface area contributed by atoms with E-state index in [2.05, 4.69) is 20.3 Å². The molecule has 33 heavy (non-hydrogen) atoms. The van der Waals surface area contributed by atoms with Crippen LogP contribution in [0.4, 0.5) is 5.13 Å². The Balaban J connectivity index is 1.22. The number of carbonyl (C=O) groups excluding carboxylic acids is 1. The molecule has 2 aliphatic rings. The van der Waals surface area contributed by atoms with Crippen LogP contribution in [-0.2, 0) is 20.9 Å². The number of methoxy groups -OCH3 is 1. The maximum atomic E-state index is 12.5. The van der Waals surface area contributed by atoms with Gasteiger partial charge in [-0.2, -0.15) is 0 Å². The molecule has 8 nitrogen and oxygen atoms in total. The number of nitrogens with one attached hydrogen (secondary N) is 1. The van der Waals surface area contributed by atoms with Gasteiger partial charge in [-0.15, -0.1) is 0 Å². The molecule has 2 atom stereocenters. The number of carbonyl (C=O) groups is 1. The Morgan fingerprint density at radius 3 is 2.73 bits per heavy atom. The second-order valence-corrected chi connectivity index (χ2v) is 10.2. The average Bonchev–Trinajstić information content (AvgIpc) is 3.40. The van der Waals surface area contributed by atoms with Crippen molar-refractivity contribution in [2.45, 2.75) is 63.4 Å². The van der Waals surface area contributed by atoms with E-state index in [0.717, 1.165) is 53.4 Å². The molecule has 0 radical (unpaired) electrons. The number of aromatic nitrogens is 3. The zero-order valence-electron chi connectivity index (χ0n) is 18.8. The number of fused-ring (bicyclic) bond motifs is 1. The second kappa shape index (κ2) is 9.06. The first-order valence-electron chi connectivity index (χ1n) is 11.3. The van der Waals surface area contributed by atoms with Gasteiger partial charge in [-0.05, 0) is 56.7 Å². The predicted molar refractivity (Wildman–Crippen MR) is 126 cm³/mol. The van der Waals surface area contributed by atoms with Crippen LogP contribution < -0.4 is 5.32 Å². The van der Waals surface area contributed by atoms with Crippen molar-refractivity contribution in [1.29, 1.82) is 0 Å². The molecule has 2 aromatic heterocycles. The van der Waals surface area contributed by atoms with Crippen molar-refractivity contribution in [2.24, 2.45) is 5.92 Å². The topological polar surface area (TPSA) is 106 Å². The fourth-order valence-electron chi connectivity index (χ4n) is 4.56. The lowest BCUT2D eigenvalue weighted by molar-refractivity contribution is -0.138. The average molecular weight is 469 g/mol. The zero-order chi connectivity index (χ0) is 23.0. The summed E-state index contributed by atoms with van der Waals surface area (Å²) in [5.74, 6) is 0.566. The monoisotopic (exact) mass is 468 g/mol. The molecule has 2 aliphatic carbocycles. The number of amides is 1. The molecule has 1 amide bonds. The van der Waals surface area contributed by atoms with E-state index in [1.165, 1.54) is 11.3 Å². The number of hydrogen-bond acceptors (Lipinski definition) is 8. The van der Waals surface area contributed by atoms with Gasteiger partial charge in [0.25, 0.3) is 0 Å². The van der Waals surface area contributed by atoms with Gasteiger partial charge in [-0.1, -0.05) is 17.4 Å². The first-order chi connectivity index (χ1) is 15.9. The first-order valence-corrected chi connectivity index (χ1v) is 12.1. The number of benzene rings is 1. The lowest BCUT2D eigenvalue weighted by Crippen LogP contribution is -2.47. The molecule has 0 unspecified atom stereocenters. The number of rotatable bonds is 7. The van der Waals surface area contributed by atoms with Gasteiger partial charge in [0.1, 0.15) is 6.61 Å². The lowest BCUT2D eigenvalue weighted by Gasteiger charge is -2.42.